The summed E-state index contributed by atoms with van der Waals surface area (Å²) in [5.41, 5.74) is 0.670. The quantitative estimate of drug-likeness (QED) is 0.825. The molecule has 0 aliphatic heterocycles. The molecule has 0 spiro atoms. The first-order chi connectivity index (χ1) is 7.76. The van der Waals surface area contributed by atoms with E-state index in [2.05, 4.69) is 5.32 Å². The molecule has 1 aromatic carbocycles. The summed E-state index contributed by atoms with van der Waals surface area (Å²) in [5, 5.41) is 10.9. The Morgan fingerprint density at radius 3 is 2.69 bits per heavy atom. The number of hydrogen-bond donors (Lipinski definition) is 1. The van der Waals surface area contributed by atoms with Crippen molar-refractivity contribution in [2.24, 2.45) is 0 Å². The highest BCUT2D eigenvalue weighted by Crippen LogP contribution is 2.15. The Labute approximate surface area is 94.8 Å². The highest BCUT2D eigenvalue weighted by atomic mass is 16.5. The van der Waals surface area contributed by atoms with E-state index in [9.17, 15) is 4.79 Å². The first-order valence-corrected chi connectivity index (χ1v) is 5.16. The van der Waals surface area contributed by atoms with Crippen molar-refractivity contribution < 1.29 is 9.53 Å². The van der Waals surface area contributed by atoms with Crippen LogP contribution < -0.4 is 10.1 Å². The number of carbonyl (C=O) groups excluding carboxylic acids is 1. The van der Waals surface area contributed by atoms with Crippen LogP contribution in [0, 0.1) is 11.3 Å². The Balaban J connectivity index is 2.51. The Morgan fingerprint density at radius 2 is 2.12 bits per heavy atom. The summed E-state index contributed by atoms with van der Waals surface area (Å²) >= 11 is 0. The smallest absolute Gasteiger partial charge is 0.238 e. The van der Waals surface area contributed by atoms with Crippen LogP contribution >= 0.6 is 0 Å². The second-order valence-corrected chi connectivity index (χ2v) is 3.26. The fraction of sp³-hybridized carbons (Fsp3) is 0.333. The van der Waals surface area contributed by atoms with E-state index >= 15 is 0 Å². The molecule has 0 heterocycles. The van der Waals surface area contributed by atoms with Crippen molar-refractivity contribution in [3.8, 4) is 11.8 Å². The largest absolute Gasteiger partial charge is 0.494 e. The molecule has 0 atom stereocenters. The van der Waals surface area contributed by atoms with E-state index < -0.39 is 0 Å². The van der Waals surface area contributed by atoms with Gasteiger partial charge in [-0.15, -0.1) is 0 Å². The second kappa shape index (κ2) is 6.46. The van der Waals surface area contributed by atoms with E-state index in [4.69, 9.17) is 10.00 Å². The van der Waals surface area contributed by atoms with Gasteiger partial charge in [0.2, 0.25) is 5.91 Å². The van der Waals surface area contributed by atoms with Gasteiger partial charge in [-0.2, -0.15) is 5.26 Å². The van der Waals surface area contributed by atoms with Crippen molar-refractivity contribution in [3.05, 3.63) is 24.3 Å². The average Bonchev–Trinajstić information content (AvgIpc) is 2.28. The lowest BCUT2D eigenvalue weighted by molar-refractivity contribution is -0.115. The van der Waals surface area contributed by atoms with Gasteiger partial charge in [0.1, 0.15) is 12.2 Å². The lowest BCUT2D eigenvalue weighted by atomic mass is 10.3. The van der Waals surface area contributed by atoms with E-state index in [0.29, 0.717) is 12.3 Å². The van der Waals surface area contributed by atoms with Crippen LogP contribution in [0.25, 0.3) is 0 Å². The van der Waals surface area contributed by atoms with Gasteiger partial charge in [0.25, 0.3) is 0 Å². The van der Waals surface area contributed by atoms with E-state index in [0.717, 1.165) is 12.2 Å². The Kier molecular flexibility index (Phi) is 4.87. The number of nitrogens with zero attached hydrogens (tertiary/aromatic N) is 1. The van der Waals surface area contributed by atoms with Gasteiger partial charge < -0.3 is 10.1 Å². The summed E-state index contributed by atoms with van der Waals surface area (Å²) in [4.78, 5) is 11.1. The standard InChI is InChI=1S/C12H14N2O2/c1-2-9-16-11-5-3-10(4-6-11)14-12(15)7-8-13/h3-6H,2,7,9H2,1H3,(H,14,15). The van der Waals surface area contributed by atoms with Gasteiger partial charge in [-0.25, -0.2) is 0 Å². The number of ether oxygens (including phenoxy) is 1. The monoisotopic (exact) mass is 218 g/mol. The van der Waals surface area contributed by atoms with Crippen LogP contribution in [-0.2, 0) is 4.79 Å². The number of nitriles is 1. The lowest BCUT2D eigenvalue weighted by Gasteiger charge is -2.06. The minimum absolute atomic E-state index is 0.131. The molecule has 84 valence electrons. The van der Waals surface area contributed by atoms with Crippen LogP contribution in [0.5, 0.6) is 5.75 Å². The molecule has 1 aromatic rings. The first-order valence-electron chi connectivity index (χ1n) is 5.16. The molecular weight excluding hydrogens is 204 g/mol. The minimum Gasteiger partial charge on any atom is -0.494 e. The third kappa shape index (κ3) is 4.01. The highest BCUT2D eigenvalue weighted by Gasteiger charge is 2.00. The number of benzene rings is 1. The molecule has 1 rings (SSSR count). The average molecular weight is 218 g/mol. The van der Waals surface area contributed by atoms with E-state index in [1.807, 2.05) is 6.92 Å². The van der Waals surface area contributed by atoms with Crippen molar-refractivity contribution in [1.82, 2.24) is 0 Å². The zero-order chi connectivity index (χ0) is 11.8. The van der Waals surface area contributed by atoms with Gasteiger partial charge in [-0.1, -0.05) is 6.92 Å². The maximum Gasteiger partial charge on any atom is 0.238 e. The van der Waals surface area contributed by atoms with Crippen LogP contribution in [0.3, 0.4) is 0 Å². The third-order valence-electron chi connectivity index (χ3n) is 1.85. The normalized spacial score (nSPS) is 9.25. The van der Waals surface area contributed by atoms with Crippen molar-refractivity contribution in [2.75, 3.05) is 11.9 Å². The fourth-order valence-corrected chi connectivity index (χ4v) is 1.13. The number of carbonyl (C=O) groups is 1. The molecule has 1 N–H and O–H groups in total. The van der Waals surface area contributed by atoms with Gasteiger partial charge >= 0.3 is 0 Å². The van der Waals surface area contributed by atoms with Gasteiger partial charge in [-0.05, 0) is 30.7 Å². The van der Waals surface area contributed by atoms with Gasteiger partial charge in [-0.3, -0.25) is 4.79 Å². The predicted octanol–water partition coefficient (Wildman–Crippen LogP) is 2.33. The molecule has 4 nitrogen and oxygen atoms in total. The molecule has 4 heteroatoms. The fourth-order valence-electron chi connectivity index (χ4n) is 1.13. The zero-order valence-electron chi connectivity index (χ0n) is 9.19. The Bertz CT molecular complexity index is 379. The summed E-state index contributed by atoms with van der Waals surface area (Å²) in [5.74, 6) is 0.477. The van der Waals surface area contributed by atoms with E-state index in [1.165, 1.54) is 0 Å². The molecule has 16 heavy (non-hydrogen) atoms. The minimum atomic E-state index is -0.301. The number of hydrogen-bond acceptors (Lipinski definition) is 3. The summed E-state index contributed by atoms with van der Waals surface area (Å²) in [6, 6.07) is 8.87. The van der Waals surface area contributed by atoms with Crippen molar-refractivity contribution in [3.63, 3.8) is 0 Å². The zero-order valence-corrected chi connectivity index (χ0v) is 9.19. The van der Waals surface area contributed by atoms with Crippen molar-refractivity contribution in [2.45, 2.75) is 19.8 Å². The number of rotatable bonds is 5. The van der Waals surface area contributed by atoms with E-state index in [-0.39, 0.29) is 12.3 Å². The lowest BCUT2D eigenvalue weighted by Crippen LogP contribution is -2.09. The summed E-state index contributed by atoms with van der Waals surface area (Å²) < 4.78 is 5.40. The molecule has 0 aliphatic carbocycles. The molecule has 1 amide bonds. The van der Waals surface area contributed by atoms with Gasteiger partial charge in [0.15, 0.2) is 0 Å². The van der Waals surface area contributed by atoms with Crippen molar-refractivity contribution in [1.29, 1.82) is 5.26 Å². The van der Waals surface area contributed by atoms with E-state index in [1.54, 1.807) is 30.3 Å². The number of nitrogens with one attached hydrogen (secondary N) is 1. The summed E-state index contributed by atoms with van der Waals surface area (Å²) in [7, 11) is 0. The number of anilines is 1. The molecule has 0 radical (unpaired) electrons. The Hall–Kier alpha value is -2.02. The Morgan fingerprint density at radius 1 is 1.44 bits per heavy atom. The van der Waals surface area contributed by atoms with Crippen LogP contribution in [0.2, 0.25) is 0 Å². The maximum atomic E-state index is 11.1. The highest BCUT2D eigenvalue weighted by molar-refractivity contribution is 5.92. The predicted molar refractivity (Wildman–Crippen MR) is 61.1 cm³/mol. The summed E-state index contributed by atoms with van der Waals surface area (Å²) in [6.45, 7) is 2.72. The maximum absolute atomic E-state index is 11.1. The molecule has 0 aliphatic rings. The van der Waals surface area contributed by atoms with Gasteiger partial charge in [0.05, 0.1) is 12.7 Å². The molecule has 0 aromatic heterocycles. The second-order valence-electron chi connectivity index (χ2n) is 3.26. The van der Waals surface area contributed by atoms with Crippen LogP contribution in [0.15, 0.2) is 24.3 Å². The summed E-state index contributed by atoms with van der Waals surface area (Å²) in [6.07, 6.45) is 0.828. The van der Waals surface area contributed by atoms with Crippen molar-refractivity contribution >= 4 is 11.6 Å². The number of amides is 1. The topological polar surface area (TPSA) is 62.1 Å². The SMILES string of the molecule is CCCOc1ccc(NC(=O)CC#N)cc1. The molecular formula is C12H14N2O2. The van der Waals surface area contributed by atoms with Gasteiger partial charge in [0, 0.05) is 5.69 Å². The van der Waals surface area contributed by atoms with Crippen LogP contribution in [-0.4, -0.2) is 12.5 Å². The molecule has 0 saturated carbocycles. The third-order valence-corrected chi connectivity index (χ3v) is 1.85. The molecule has 0 bridgehead atoms. The van der Waals surface area contributed by atoms with Crippen LogP contribution in [0.1, 0.15) is 19.8 Å². The van der Waals surface area contributed by atoms with Crippen LogP contribution in [0.4, 0.5) is 5.69 Å². The first kappa shape index (κ1) is 12.1. The molecule has 0 saturated heterocycles. The molecule has 0 unspecified atom stereocenters. The molecule has 0 fully saturated rings.